The van der Waals surface area contributed by atoms with Crippen molar-refractivity contribution < 1.29 is 14.3 Å². The number of nitrogens with one attached hydrogen (secondary N) is 3. The molecular weight excluding hydrogens is 344 g/mol. The van der Waals surface area contributed by atoms with Crippen LogP contribution in [-0.4, -0.2) is 51.3 Å². The Kier molecular flexibility index (Phi) is 9.47. The highest BCUT2D eigenvalue weighted by Gasteiger charge is 2.26. The van der Waals surface area contributed by atoms with Crippen LogP contribution in [0.25, 0.3) is 0 Å². The minimum absolute atomic E-state index is 0.00234. The topological polar surface area (TPSA) is 84.0 Å². The summed E-state index contributed by atoms with van der Waals surface area (Å²) in [7, 11) is 1.62. The first-order valence-electron chi connectivity index (χ1n) is 9.44. The average Bonchev–Trinajstić information content (AvgIpc) is 2.64. The van der Waals surface area contributed by atoms with Gasteiger partial charge in [0.2, 0.25) is 5.91 Å². The summed E-state index contributed by atoms with van der Waals surface area (Å²) in [5.74, 6) is 2.06. The van der Waals surface area contributed by atoms with Crippen LogP contribution in [0.2, 0.25) is 0 Å². The smallest absolute Gasteiger partial charge is 0.227 e. The quantitative estimate of drug-likeness (QED) is 0.429. The Morgan fingerprint density at radius 1 is 1.11 bits per heavy atom. The second-order valence-corrected chi connectivity index (χ2v) is 6.90. The summed E-state index contributed by atoms with van der Waals surface area (Å²) in [6, 6.07) is 7.56. The van der Waals surface area contributed by atoms with Gasteiger partial charge in [-0.15, -0.1) is 0 Å². The molecule has 0 aliphatic rings. The molecule has 0 saturated carbocycles. The fourth-order valence-electron chi connectivity index (χ4n) is 2.31. The summed E-state index contributed by atoms with van der Waals surface area (Å²) < 4.78 is 11.3. The van der Waals surface area contributed by atoms with Crippen molar-refractivity contribution in [3.8, 4) is 11.5 Å². The van der Waals surface area contributed by atoms with Gasteiger partial charge in [0, 0.05) is 13.1 Å². The normalized spacial score (nSPS) is 12.9. The van der Waals surface area contributed by atoms with Crippen molar-refractivity contribution in [3.63, 3.8) is 0 Å². The maximum atomic E-state index is 12.1. The SMILES string of the molecule is CCNC(=O)C(C)(C)CN=C(NCC)NCC(C)Oc1ccccc1OC. The Hall–Kier alpha value is -2.44. The summed E-state index contributed by atoms with van der Waals surface area (Å²) in [6.07, 6.45) is -0.0958. The minimum Gasteiger partial charge on any atom is -0.493 e. The number of ether oxygens (including phenoxy) is 2. The fraction of sp³-hybridized carbons (Fsp3) is 0.600. The van der Waals surface area contributed by atoms with Crippen molar-refractivity contribution in [2.45, 2.75) is 40.7 Å². The molecule has 1 atom stereocenters. The molecule has 0 bridgehead atoms. The highest BCUT2D eigenvalue weighted by Crippen LogP contribution is 2.26. The predicted molar refractivity (Wildman–Crippen MR) is 110 cm³/mol. The van der Waals surface area contributed by atoms with Crippen LogP contribution >= 0.6 is 0 Å². The molecule has 1 unspecified atom stereocenters. The van der Waals surface area contributed by atoms with Gasteiger partial charge in [0.05, 0.1) is 25.6 Å². The molecule has 0 radical (unpaired) electrons. The third-order valence-electron chi connectivity index (χ3n) is 3.88. The van der Waals surface area contributed by atoms with E-state index < -0.39 is 5.41 Å². The van der Waals surface area contributed by atoms with Crippen LogP contribution in [0.15, 0.2) is 29.3 Å². The molecule has 1 amide bonds. The van der Waals surface area contributed by atoms with E-state index in [9.17, 15) is 4.79 Å². The number of carbonyl (C=O) groups excluding carboxylic acids is 1. The highest BCUT2D eigenvalue weighted by molar-refractivity contribution is 5.83. The summed E-state index contributed by atoms with van der Waals surface area (Å²) in [6.45, 7) is 11.9. The van der Waals surface area contributed by atoms with E-state index in [1.165, 1.54) is 0 Å². The molecule has 0 aromatic heterocycles. The molecule has 0 saturated heterocycles. The number of benzene rings is 1. The summed E-state index contributed by atoms with van der Waals surface area (Å²) >= 11 is 0. The van der Waals surface area contributed by atoms with Gasteiger partial charge in [0.15, 0.2) is 17.5 Å². The third-order valence-corrected chi connectivity index (χ3v) is 3.88. The van der Waals surface area contributed by atoms with Gasteiger partial charge in [0.25, 0.3) is 0 Å². The van der Waals surface area contributed by atoms with E-state index in [0.29, 0.717) is 37.1 Å². The zero-order valence-corrected chi connectivity index (χ0v) is 17.4. The Labute approximate surface area is 162 Å². The van der Waals surface area contributed by atoms with Crippen molar-refractivity contribution in [2.24, 2.45) is 10.4 Å². The standard InChI is InChI=1S/C20H34N4O3/c1-7-21-18(25)20(4,5)14-24-19(22-8-2)23-13-15(3)27-17-12-10-9-11-16(17)26-6/h9-12,15H,7-8,13-14H2,1-6H3,(H,21,25)(H2,22,23,24). The fourth-order valence-corrected chi connectivity index (χ4v) is 2.31. The van der Waals surface area contributed by atoms with Gasteiger partial charge in [0.1, 0.15) is 6.10 Å². The van der Waals surface area contributed by atoms with E-state index in [1.54, 1.807) is 7.11 Å². The van der Waals surface area contributed by atoms with Crippen LogP contribution in [0, 0.1) is 5.41 Å². The van der Waals surface area contributed by atoms with Crippen molar-refractivity contribution in [2.75, 3.05) is 33.3 Å². The first-order valence-corrected chi connectivity index (χ1v) is 9.44. The lowest BCUT2D eigenvalue weighted by Gasteiger charge is -2.22. The largest absolute Gasteiger partial charge is 0.493 e. The lowest BCUT2D eigenvalue weighted by molar-refractivity contribution is -0.128. The summed E-state index contributed by atoms with van der Waals surface area (Å²) in [4.78, 5) is 16.7. The van der Waals surface area contributed by atoms with Gasteiger partial charge < -0.3 is 25.4 Å². The molecule has 0 aliphatic carbocycles. The second kappa shape index (κ2) is 11.3. The summed E-state index contributed by atoms with van der Waals surface area (Å²) in [5.41, 5.74) is -0.572. The number of amides is 1. The van der Waals surface area contributed by atoms with Gasteiger partial charge in [-0.3, -0.25) is 9.79 Å². The first kappa shape index (κ1) is 22.6. The lowest BCUT2D eigenvalue weighted by Crippen LogP contribution is -2.44. The Bertz CT molecular complexity index is 617. The highest BCUT2D eigenvalue weighted by atomic mass is 16.5. The molecule has 7 heteroatoms. The second-order valence-electron chi connectivity index (χ2n) is 6.90. The molecule has 152 valence electrons. The number of hydrogen-bond donors (Lipinski definition) is 3. The number of carbonyl (C=O) groups is 1. The van der Waals surface area contributed by atoms with Gasteiger partial charge >= 0.3 is 0 Å². The van der Waals surface area contributed by atoms with E-state index in [-0.39, 0.29) is 12.0 Å². The number of rotatable bonds is 10. The van der Waals surface area contributed by atoms with Gasteiger partial charge in [-0.25, -0.2) is 0 Å². The monoisotopic (exact) mass is 378 g/mol. The van der Waals surface area contributed by atoms with Crippen molar-refractivity contribution in [1.29, 1.82) is 0 Å². The van der Waals surface area contributed by atoms with Crippen molar-refractivity contribution >= 4 is 11.9 Å². The molecule has 1 aromatic rings. The lowest BCUT2D eigenvalue weighted by atomic mass is 9.92. The van der Waals surface area contributed by atoms with E-state index in [0.717, 1.165) is 6.54 Å². The number of hydrogen-bond acceptors (Lipinski definition) is 4. The summed E-state index contributed by atoms with van der Waals surface area (Å²) in [5, 5.41) is 9.31. The number of nitrogens with zero attached hydrogens (tertiary/aromatic N) is 1. The number of methoxy groups -OCH3 is 1. The van der Waals surface area contributed by atoms with Gasteiger partial charge in [-0.1, -0.05) is 12.1 Å². The minimum atomic E-state index is -0.572. The zero-order valence-electron chi connectivity index (χ0n) is 17.4. The molecule has 0 aliphatic heterocycles. The molecule has 7 nitrogen and oxygen atoms in total. The Morgan fingerprint density at radius 2 is 1.74 bits per heavy atom. The third kappa shape index (κ3) is 7.76. The van der Waals surface area contributed by atoms with E-state index >= 15 is 0 Å². The molecule has 1 rings (SSSR count). The molecule has 3 N–H and O–H groups in total. The van der Waals surface area contributed by atoms with Crippen molar-refractivity contribution in [3.05, 3.63) is 24.3 Å². The molecule has 1 aromatic carbocycles. The van der Waals surface area contributed by atoms with E-state index in [2.05, 4.69) is 20.9 Å². The number of para-hydroxylation sites is 2. The Balaban J connectivity index is 2.64. The number of guanidine groups is 1. The maximum absolute atomic E-state index is 12.1. The van der Waals surface area contributed by atoms with Crippen LogP contribution in [0.3, 0.4) is 0 Å². The van der Waals surface area contributed by atoms with Crippen LogP contribution in [0.1, 0.15) is 34.6 Å². The van der Waals surface area contributed by atoms with Crippen molar-refractivity contribution in [1.82, 2.24) is 16.0 Å². The molecule has 0 heterocycles. The van der Waals surface area contributed by atoms with Crippen LogP contribution < -0.4 is 25.4 Å². The number of aliphatic imine (C=N–C) groups is 1. The van der Waals surface area contributed by atoms with Gasteiger partial charge in [-0.05, 0) is 46.8 Å². The molecule has 0 spiro atoms. The van der Waals surface area contributed by atoms with E-state index in [1.807, 2.05) is 58.9 Å². The van der Waals surface area contributed by atoms with E-state index in [4.69, 9.17) is 9.47 Å². The average molecular weight is 379 g/mol. The maximum Gasteiger partial charge on any atom is 0.227 e. The van der Waals surface area contributed by atoms with Crippen LogP contribution in [0.4, 0.5) is 0 Å². The van der Waals surface area contributed by atoms with Crippen LogP contribution in [0.5, 0.6) is 11.5 Å². The molecular formula is C20H34N4O3. The molecule has 27 heavy (non-hydrogen) atoms. The first-order chi connectivity index (χ1) is 12.8. The zero-order chi connectivity index (χ0) is 20.3. The predicted octanol–water partition coefficient (Wildman–Crippen LogP) is 2.18. The van der Waals surface area contributed by atoms with Crippen LogP contribution in [-0.2, 0) is 4.79 Å². The van der Waals surface area contributed by atoms with Gasteiger partial charge in [-0.2, -0.15) is 0 Å². The Morgan fingerprint density at radius 3 is 2.33 bits per heavy atom. The molecule has 0 fully saturated rings.